The number of allylic oxidation sites excluding steroid dienone is 2. The number of anilines is 2. The van der Waals surface area contributed by atoms with Gasteiger partial charge in [-0.1, -0.05) is 103 Å². The van der Waals surface area contributed by atoms with E-state index in [-0.39, 0.29) is 47.9 Å². The van der Waals surface area contributed by atoms with Gasteiger partial charge in [0.1, 0.15) is 5.75 Å². The van der Waals surface area contributed by atoms with Crippen molar-refractivity contribution >= 4 is 57.3 Å². The van der Waals surface area contributed by atoms with Crippen LogP contribution in [-0.2, 0) is 19.2 Å². The molecule has 4 aliphatic rings. The van der Waals surface area contributed by atoms with E-state index in [1.165, 1.54) is 9.80 Å². The highest BCUT2D eigenvalue weighted by Gasteiger charge is 2.62. The third-order valence-corrected chi connectivity index (χ3v) is 12.8. The summed E-state index contributed by atoms with van der Waals surface area (Å²) >= 11 is 0. The van der Waals surface area contributed by atoms with Gasteiger partial charge in [0.25, 0.3) is 0 Å². The Balaban J connectivity index is 1.02. The molecule has 10 rings (SSSR count). The minimum absolute atomic E-state index is 0.0789. The van der Waals surface area contributed by atoms with Crippen LogP contribution in [0.1, 0.15) is 56.2 Å². The Labute approximate surface area is 339 Å². The highest BCUT2D eigenvalue weighted by atomic mass is 16.3. The summed E-state index contributed by atoms with van der Waals surface area (Å²) in [5, 5.41) is 12.2. The van der Waals surface area contributed by atoms with Gasteiger partial charge in [-0.2, -0.15) is 0 Å². The molecule has 9 heteroatoms. The quantitative estimate of drug-likeness (QED) is 0.0987. The molecule has 0 spiro atoms. The topological polar surface area (TPSA) is 129 Å². The van der Waals surface area contributed by atoms with Gasteiger partial charge in [0.05, 0.1) is 35.0 Å². The Kier molecular flexibility index (Phi) is 8.56. The molecule has 6 aromatic carbocycles. The van der Waals surface area contributed by atoms with Gasteiger partial charge in [-0.3, -0.25) is 38.6 Å². The molecule has 9 nitrogen and oxygen atoms in total. The van der Waals surface area contributed by atoms with Gasteiger partial charge < -0.3 is 5.11 Å². The van der Waals surface area contributed by atoms with Crippen LogP contribution in [0.3, 0.4) is 0 Å². The first-order chi connectivity index (χ1) is 28.7. The van der Waals surface area contributed by atoms with Crippen molar-refractivity contribution in [1.82, 2.24) is 0 Å². The summed E-state index contributed by atoms with van der Waals surface area (Å²) in [7, 11) is 0. The van der Waals surface area contributed by atoms with Crippen molar-refractivity contribution in [1.29, 1.82) is 0 Å². The number of hydrogen-bond donors (Lipinski definition) is 1. The lowest BCUT2D eigenvalue weighted by molar-refractivity contribution is -0.126. The van der Waals surface area contributed by atoms with Crippen LogP contribution in [0.5, 0.6) is 5.75 Å². The predicted molar refractivity (Wildman–Crippen MR) is 221 cm³/mol. The monoisotopic (exact) mass is 776 g/mol. The van der Waals surface area contributed by atoms with Crippen molar-refractivity contribution < 1.29 is 33.9 Å². The fraction of sp³-hybridized carbons (Fsp3) is 0.160. The smallest absolute Gasteiger partial charge is 0.238 e. The average Bonchev–Trinajstić information content (AvgIpc) is 3.69. The molecular formula is C50H36N2O7. The molecule has 2 aliphatic carbocycles. The Morgan fingerprint density at radius 2 is 0.949 bits per heavy atom. The first-order valence-corrected chi connectivity index (χ1v) is 19.8. The summed E-state index contributed by atoms with van der Waals surface area (Å²) < 4.78 is 0. The molecule has 6 unspecified atom stereocenters. The predicted octanol–water partition coefficient (Wildman–Crippen LogP) is 8.05. The molecular weight excluding hydrogens is 741 g/mol. The number of nitrogens with zero attached hydrogens (tertiary/aromatic N) is 2. The number of phenolic OH excluding ortho intramolecular Hbond substituents is 1. The molecule has 6 aromatic rings. The lowest BCUT2D eigenvalue weighted by Crippen LogP contribution is -2.43. The van der Waals surface area contributed by atoms with Crippen molar-refractivity contribution in [2.24, 2.45) is 29.6 Å². The van der Waals surface area contributed by atoms with E-state index in [2.05, 4.69) is 0 Å². The zero-order valence-electron chi connectivity index (χ0n) is 31.6. The van der Waals surface area contributed by atoms with E-state index < -0.39 is 41.4 Å². The van der Waals surface area contributed by atoms with Crippen molar-refractivity contribution in [3.63, 3.8) is 0 Å². The summed E-state index contributed by atoms with van der Waals surface area (Å²) in [5.74, 6) is -6.03. The number of fused-ring (bicyclic) bond motifs is 5. The second kappa shape index (κ2) is 14.0. The van der Waals surface area contributed by atoms with Crippen molar-refractivity contribution in [3.8, 4) is 5.75 Å². The summed E-state index contributed by atoms with van der Waals surface area (Å²) in [6.45, 7) is 0. The average molecular weight is 777 g/mol. The van der Waals surface area contributed by atoms with Crippen molar-refractivity contribution in [2.75, 3.05) is 9.80 Å². The Morgan fingerprint density at radius 3 is 1.51 bits per heavy atom. The molecule has 0 radical (unpaired) electrons. The number of phenols is 1. The van der Waals surface area contributed by atoms with Gasteiger partial charge in [-0.05, 0) is 84.3 Å². The van der Waals surface area contributed by atoms with Crippen LogP contribution in [0.4, 0.5) is 11.4 Å². The van der Waals surface area contributed by atoms with E-state index in [9.17, 15) is 33.9 Å². The van der Waals surface area contributed by atoms with Crippen LogP contribution in [-0.4, -0.2) is 40.3 Å². The summed E-state index contributed by atoms with van der Waals surface area (Å²) in [6.07, 6.45) is 2.46. The lowest BCUT2D eigenvalue weighted by atomic mass is 9.57. The third-order valence-electron chi connectivity index (χ3n) is 12.8. The minimum atomic E-state index is -0.821. The minimum Gasteiger partial charge on any atom is -0.507 e. The van der Waals surface area contributed by atoms with Gasteiger partial charge >= 0.3 is 0 Å². The van der Waals surface area contributed by atoms with Crippen LogP contribution in [0.25, 0.3) is 10.8 Å². The zero-order valence-corrected chi connectivity index (χ0v) is 31.6. The van der Waals surface area contributed by atoms with Crippen LogP contribution in [0.15, 0.2) is 157 Å². The standard InChI is InChI=1S/C50H36N2O7/c53-41-26-25-36(34-13-7-8-14-35(34)41)42-37-23-24-38-43(49(58)51(47(38)56)32-19-15-30(16-20-32)45(54)28-9-3-1-4-10-28)39(37)27-40-44(42)50(59)52(48(40)57)33-21-17-31(18-22-33)46(55)29-11-5-2-6-12-29/h1-23,25-26,38-40,42-44,53H,24,27H2. The molecule has 1 saturated carbocycles. The maximum absolute atomic E-state index is 14.8. The molecule has 288 valence electrons. The van der Waals surface area contributed by atoms with E-state index >= 15 is 0 Å². The maximum Gasteiger partial charge on any atom is 0.238 e. The van der Waals surface area contributed by atoms with Gasteiger partial charge in [0.2, 0.25) is 23.6 Å². The number of hydrogen-bond acceptors (Lipinski definition) is 7. The number of rotatable bonds is 7. The molecule has 0 bridgehead atoms. The van der Waals surface area contributed by atoms with E-state index in [4.69, 9.17) is 0 Å². The normalized spacial score (nSPS) is 23.5. The molecule has 2 heterocycles. The van der Waals surface area contributed by atoms with Crippen LogP contribution >= 0.6 is 0 Å². The van der Waals surface area contributed by atoms with E-state index in [0.717, 1.165) is 16.5 Å². The van der Waals surface area contributed by atoms with E-state index in [1.54, 1.807) is 115 Å². The number of carbonyl (C=O) groups excluding carboxylic acids is 6. The first-order valence-electron chi connectivity index (χ1n) is 19.8. The van der Waals surface area contributed by atoms with Gasteiger partial charge in [0, 0.05) is 33.6 Å². The number of ketones is 2. The number of carbonyl (C=O) groups is 6. The Morgan fingerprint density at radius 1 is 0.475 bits per heavy atom. The van der Waals surface area contributed by atoms with Crippen molar-refractivity contribution in [2.45, 2.75) is 18.8 Å². The van der Waals surface area contributed by atoms with Gasteiger partial charge in [-0.25, -0.2) is 0 Å². The third kappa shape index (κ3) is 5.67. The fourth-order valence-electron chi connectivity index (χ4n) is 10.1. The molecule has 1 N–H and O–H groups in total. The van der Waals surface area contributed by atoms with Crippen LogP contribution in [0, 0.1) is 29.6 Å². The summed E-state index contributed by atoms with van der Waals surface area (Å²) in [6, 6.07) is 41.4. The largest absolute Gasteiger partial charge is 0.507 e. The zero-order chi connectivity index (χ0) is 40.5. The lowest BCUT2D eigenvalue weighted by Gasteiger charge is -2.44. The molecule has 0 aromatic heterocycles. The van der Waals surface area contributed by atoms with E-state index in [0.29, 0.717) is 39.0 Å². The number of amides is 4. The van der Waals surface area contributed by atoms with Gasteiger partial charge in [-0.15, -0.1) is 0 Å². The Bertz CT molecular complexity index is 2780. The highest BCUT2D eigenvalue weighted by Crippen LogP contribution is 2.59. The second-order valence-corrected chi connectivity index (χ2v) is 15.8. The summed E-state index contributed by atoms with van der Waals surface area (Å²) in [4.78, 5) is 87.1. The van der Waals surface area contributed by atoms with Gasteiger partial charge in [0.15, 0.2) is 11.6 Å². The number of benzene rings is 6. The molecule has 6 atom stereocenters. The molecule has 2 saturated heterocycles. The van der Waals surface area contributed by atoms with Crippen LogP contribution in [0.2, 0.25) is 0 Å². The highest BCUT2D eigenvalue weighted by molar-refractivity contribution is 6.24. The molecule has 4 amide bonds. The molecule has 2 aliphatic heterocycles. The second-order valence-electron chi connectivity index (χ2n) is 15.8. The molecule has 59 heavy (non-hydrogen) atoms. The first kappa shape index (κ1) is 36.1. The number of aromatic hydroxyl groups is 1. The summed E-state index contributed by atoms with van der Waals surface area (Å²) in [5.41, 5.74) is 4.18. The fourth-order valence-corrected chi connectivity index (χ4v) is 10.1. The maximum atomic E-state index is 14.8. The van der Waals surface area contributed by atoms with E-state index in [1.807, 2.05) is 36.4 Å². The Hall–Kier alpha value is -7.26. The SMILES string of the molecule is O=C(c1ccccc1)c1ccc(N2C(=O)C3CC=C4C(CC5C(=O)N(c6ccc(C(=O)c7ccccc7)cc6)C(=O)C5C4c4ccc(O)c5ccccc45)C3C2=O)cc1. The van der Waals surface area contributed by atoms with Crippen LogP contribution < -0.4 is 9.80 Å². The van der Waals surface area contributed by atoms with Crippen molar-refractivity contribution in [3.05, 3.63) is 185 Å². The number of imide groups is 2. The molecule has 3 fully saturated rings.